The maximum atomic E-state index is 15.7. The number of piperidine rings is 2. The van der Waals surface area contributed by atoms with Crippen LogP contribution in [0.25, 0.3) is 11.3 Å². The fourth-order valence-corrected chi connectivity index (χ4v) is 9.33. The van der Waals surface area contributed by atoms with E-state index in [1.807, 2.05) is 12.1 Å². The van der Waals surface area contributed by atoms with E-state index in [-0.39, 0.29) is 66.1 Å². The number of likely N-dealkylation sites (tertiary alicyclic amines) is 1. The van der Waals surface area contributed by atoms with Gasteiger partial charge in [0.25, 0.3) is 0 Å². The summed E-state index contributed by atoms with van der Waals surface area (Å²) in [6, 6.07) is 11.3. The van der Waals surface area contributed by atoms with Gasteiger partial charge in [0.05, 0.1) is 6.20 Å². The third-order valence-electron chi connectivity index (χ3n) is 12.6. The number of nitrogens with one attached hydrogen (secondary N) is 4. The first-order valence-corrected chi connectivity index (χ1v) is 20.9. The Morgan fingerprint density at radius 3 is 2.42 bits per heavy atom. The highest BCUT2D eigenvalue weighted by Gasteiger charge is 2.39. The zero-order valence-corrected chi connectivity index (χ0v) is 32.8. The van der Waals surface area contributed by atoms with Gasteiger partial charge >= 0.3 is 0 Å². The predicted molar refractivity (Wildman–Crippen MR) is 218 cm³/mol. The first-order valence-electron chi connectivity index (χ1n) is 20.9. The van der Waals surface area contributed by atoms with Crippen molar-refractivity contribution in [2.75, 3.05) is 28.6 Å². The summed E-state index contributed by atoms with van der Waals surface area (Å²) in [6.45, 7) is 1.30. The number of aliphatic hydroxyl groups is 1. The van der Waals surface area contributed by atoms with Crippen molar-refractivity contribution in [3.63, 3.8) is 0 Å². The number of amides is 3. The van der Waals surface area contributed by atoms with Crippen molar-refractivity contribution in [2.45, 2.75) is 113 Å². The van der Waals surface area contributed by atoms with E-state index in [2.05, 4.69) is 36.1 Å². The van der Waals surface area contributed by atoms with Gasteiger partial charge in [-0.25, -0.2) is 23.1 Å². The lowest BCUT2D eigenvalue weighted by atomic mass is 9.81. The summed E-state index contributed by atoms with van der Waals surface area (Å²) in [7, 11) is 0. The molecule has 12 nitrogen and oxygen atoms in total. The summed E-state index contributed by atoms with van der Waals surface area (Å²) in [5, 5.41) is 22.2. The second kappa shape index (κ2) is 17.9. The number of carbonyl (C=O) groups is 3. The van der Waals surface area contributed by atoms with Crippen molar-refractivity contribution in [2.24, 2.45) is 5.92 Å². The van der Waals surface area contributed by atoms with Crippen LogP contribution in [0, 0.1) is 17.6 Å². The topological polar surface area (TPSA) is 152 Å². The Hall–Kier alpha value is -5.28. The number of nitrogens with zero attached hydrogens (tertiary/aromatic N) is 4. The standard InChI is InChI=1S/C44H51F3N8O4/c45-34-24-31(49-37-14-16-39(56)52-43(37)59)12-13-33(34)26-17-20-54(21-18-26)38-15-7-28(23-35(38)46)42(58)50-29-8-10-30(11-9-29)51-44-48-25-36(47)41(53-44)27-4-3-5-32(22-27)55-19-2-1-6-40(55)57/h1-6,12-13,19,22,24-26,28-30,35,37-38,40,49,57H,7-11,14-18,20-21,23H2,(H,50,58)(H,48,51,53)(H,52,56,59)/t28-,29?,30?,35+,37?,38-,40?/m1/s1. The van der Waals surface area contributed by atoms with E-state index in [1.54, 1.807) is 53.6 Å². The van der Waals surface area contributed by atoms with Crippen LogP contribution in [0.3, 0.4) is 0 Å². The molecule has 3 aromatic rings. The number of carbonyl (C=O) groups excluding carboxylic acids is 3. The van der Waals surface area contributed by atoms with Crippen LogP contribution < -0.4 is 26.2 Å². The van der Waals surface area contributed by atoms with Gasteiger partial charge in [0, 0.05) is 53.6 Å². The third-order valence-corrected chi connectivity index (χ3v) is 12.6. The van der Waals surface area contributed by atoms with Gasteiger partial charge in [-0.3, -0.25) is 24.6 Å². The lowest BCUT2D eigenvalue weighted by molar-refractivity contribution is -0.133. The van der Waals surface area contributed by atoms with Gasteiger partial charge in [-0.05, 0) is 125 Å². The van der Waals surface area contributed by atoms with Gasteiger partial charge in [0.2, 0.25) is 23.7 Å². The zero-order valence-electron chi connectivity index (χ0n) is 32.8. The van der Waals surface area contributed by atoms with Crippen molar-refractivity contribution in [1.82, 2.24) is 25.5 Å². The Bertz CT molecular complexity index is 2090. The molecule has 0 radical (unpaired) electrons. The number of aliphatic hydroxyl groups excluding tert-OH is 1. The maximum Gasteiger partial charge on any atom is 0.249 e. The van der Waals surface area contributed by atoms with Crippen LogP contribution in [-0.2, 0) is 14.4 Å². The molecule has 2 saturated heterocycles. The Kier molecular flexibility index (Phi) is 12.3. The molecule has 2 unspecified atom stereocenters. The van der Waals surface area contributed by atoms with Gasteiger partial charge in [0.1, 0.15) is 30.0 Å². The van der Waals surface area contributed by atoms with Gasteiger partial charge in [-0.2, -0.15) is 0 Å². The molecule has 8 rings (SSSR count). The number of anilines is 3. The number of halogens is 3. The number of benzene rings is 2. The SMILES string of the molecule is O=C1CCC(Nc2ccc(C3CCN([C@@H]4CC[C@@H](C(=O)NC5CCC(Nc6ncc(F)c(-c7cccc(N8C=CC=CC8O)c7)n6)CC5)C[C@@H]4F)CC3)c(F)c2)C(=O)N1. The van der Waals surface area contributed by atoms with Crippen molar-refractivity contribution < 1.29 is 32.7 Å². The Balaban J connectivity index is 0.770. The summed E-state index contributed by atoms with van der Waals surface area (Å²) in [5.41, 5.74) is 2.50. The zero-order chi connectivity index (χ0) is 41.0. The third kappa shape index (κ3) is 9.46. The molecule has 15 heteroatoms. The molecule has 2 aromatic carbocycles. The van der Waals surface area contributed by atoms with Crippen molar-refractivity contribution in [3.05, 3.63) is 90.3 Å². The molecule has 5 aliphatic rings. The van der Waals surface area contributed by atoms with Crippen LogP contribution in [0.15, 0.2) is 73.1 Å². The second-order valence-corrected chi connectivity index (χ2v) is 16.5. The molecule has 0 spiro atoms. The molecule has 59 heavy (non-hydrogen) atoms. The molecule has 4 heterocycles. The molecular weight excluding hydrogens is 762 g/mol. The van der Waals surface area contributed by atoms with E-state index < -0.39 is 30.2 Å². The molecule has 2 aliphatic carbocycles. The Labute approximate surface area is 341 Å². The summed E-state index contributed by atoms with van der Waals surface area (Å²) >= 11 is 0. The van der Waals surface area contributed by atoms with E-state index in [0.29, 0.717) is 73.6 Å². The van der Waals surface area contributed by atoms with Crippen LogP contribution in [0.4, 0.5) is 30.5 Å². The van der Waals surface area contributed by atoms with Crippen molar-refractivity contribution in [1.29, 1.82) is 0 Å². The maximum absolute atomic E-state index is 15.7. The molecule has 3 aliphatic heterocycles. The molecule has 2 saturated carbocycles. The molecule has 5 N–H and O–H groups in total. The quantitative estimate of drug-likeness (QED) is 0.153. The molecule has 312 valence electrons. The number of aromatic nitrogens is 2. The molecule has 0 bridgehead atoms. The van der Waals surface area contributed by atoms with Gasteiger partial charge in [-0.1, -0.05) is 24.3 Å². The minimum Gasteiger partial charge on any atom is -0.374 e. The number of imide groups is 1. The first kappa shape index (κ1) is 40.5. The normalized spacial score (nSPS) is 27.9. The lowest BCUT2D eigenvalue weighted by Crippen LogP contribution is -2.51. The average molecular weight is 813 g/mol. The largest absolute Gasteiger partial charge is 0.374 e. The summed E-state index contributed by atoms with van der Waals surface area (Å²) in [6.07, 6.45) is 12.6. The molecule has 4 fully saturated rings. The average Bonchev–Trinajstić information content (AvgIpc) is 3.23. The van der Waals surface area contributed by atoms with E-state index in [9.17, 15) is 23.9 Å². The highest BCUT2D eigenvalue weighted by molar-refractivity contribution is 6.01. The monoisotopic (exact) mass is 812 g/mol. The minimum absolute atomic E-state index is 0.00177. The highest BCUT2D eigenvalue weighted by atomic mass is 19.1. The fourth-order valence-electron chi connectivity index (χ4n) is 9.33. The van der Waals surface area contributed by atoms with Crippen LogP contribution in [0.2, 0.25) is 0 Å². The van der Waals surface area contributed by atoms with Crippen LogP contribution in [-0.4, -0.2) is 87.4 Å². The van der Waals surface area contributed by atoms with E-state index >= 15 is 8.78 Å². The number of allylic oxidation sites excluding steroid dienone is 2. The lowest BCUT2D eigenvalue weighted by Gasteiger charge is -2.42. The van der Waals surface area contributed by atoms with E-state index in [4.69, 9.17) is 0 Å². The minimum atomic E-state index is -1.13. The molecular formula is C44H51F3N8O4. The fraction of sp³-hybridized carbons (Fsp3) is 0.477. The van der Waals surface area contributed by atoms with Crippen molar-refractivity contribution >= 4 is 35.0 Å². The predicted octanol–water partition coefficient (Wildman–Crippen LogP) is 6.07. The summed E-state index contributed by atoms with van der Waals surface area (Å²) in [4.78, 5) is 49.4. The van der Waals surface area contributed by atoms with Crippen molar-refractivity contribution in [3.8, 4) is 11.3 Å². The summed E-state index contributed by atoms with van der Waals surface area (Å²) < 4.78 is 46.0. The summed E-state index contributed by atoms with van der Waals surface area (Å²) in [5.74, 6) is -1.77. The number of hydrogen-bond donors (Lipinski definition) is 5. The van der Waals surface area contributed by atoms with Gasteiger partial charge in [-0.15, -0.1) is 0 Å². The molecule has 1 aromatic heterocycles. The van der Waals surface area contributed by atoms with Gasteiger partial charge in [0.15, 0.2) is 5.82 Å². The van der Waals surface area contributed by atoms with Crippen LogP contribution >= 0.6 is 0 Å². The van der Waals surface area contributed by atoms with Gasteiger partial charge < -0.3 is 26.0 Å². The van der Waals surface area contributed by atoms with Crippen LogP contribution in [0.5, 0.6) is 0 Å². The highest BCUT2D eigenvalue weighted by Crippen LogP contribution is 2.37. The first-order chi connectivity index (χ1) is 28.6. The number of rotatable bonds is 10. The van der Waals surface area contributed by atoms with E-state index in [1.165, 1.54) is 6.07 Å². The number of hydrogen-bond acceptors (Lipinski definition) is 10. The molecule has 5 atom stereocenters. The smallest absolute Gasteiger partial charge is 0.249 e. The van der Waals surface area contributed by atoms with Crippen LogP contribution in [0.1, 0.15) is 82.1 Å². The second-order valence-electron chi connectivity index (χ2n) is 16.5. The molecule has 3 amide bonds. The Morgan fingerprint density at radius 2 is 1.68 bits per heavy atom. The van der Waals surface area contributed by atoms with E-state index in [0.717, 1.165) is 31.9 Å². The Morgan fingerprint density at radius 1 is 0.881 bits per heavy atom. The number of alkyl halides is 1.